The molecule has 3 atom stereocenters. The van der Waals surface area contributed by atoms with Crippen LogP contribution < -0.4 is 22.1 Å². The summed E-state index contributed by atoms with van der Waals surface area (Å²) in [5.74, 6) is -1.78. The van der Waals surface area contributed by atoms with Crippen LogP contribution in [0.2, 0.25) is 0 Å². The summed E-state index contributed by atoms with van der Waals surface area (Å²) in [5, 5.41) is 5.34. The van der Waals surface area contributed by atoms with E-state index < -0.39 is 35.8 Å². The highest BCUT2D eigenvalue weighted by Crippen LogP contribution is 2.06. The molecule has 3 aromatic rings. The van der Waals surface area contributed by atoms with Gasteiger partial charge in [0.2, 0.25) is 17.7 Å². The van der Waals surface area contributed by atoms with Crippen molar-refractivity contribution in [2.75, 3.05) is 0 Å². The summed E-state index contributed by atoms with van der Waals surface area (Å²) < 4.78 is 0. The minimum atomic E-state index is -1.02. The van der Waals surface area contributed by atoms with Crippen LogP contribution in [0.4, 0.5) is 0 Å². The van der Waals surface area contributed by atoms with Crippen LogP contribution in [-0.2, 0) is 33.6 Å². The van der Waals surface area contributed by atoms with Crippen LogP contribution in [0.15, 0.2) is 73.4 Å². The van der Waals surface area contributed by atoms with Crippen LogP contribution in [0.1, 0.15) is 16.8 Å². The van der Waals surface area contributed by atoms with E-state index in [1.807, 2.05) is 6.07 Å². The predicted octanol–water partition coefficient (Wildman–Crippen LogP) is -0.318. The number of carbonyl (C=O) groups excluding carboxylic acids is 3. The van der Waals surface area contributed by atoms with Gasteiger partial charge in [0.05, 0.1) is 6.04 Å². The zero-order valence-electron chi connectivity index (χ0n) is 18.5. The molecule has 0 saturated carbocycles. The third-order valence-electron chi connectivity index (χ3n) is 5.11. The van der Waals surface area contributed by atoms with Crippen molar-refractivity contribution in [3.8, 4) is 0 Å². The molecule has 0 bridgehead atoms. The number of nitrogens with zero attached hydrogens (tertiary/aromatic N) is 3. The first-order chi connectivity index (χ1) is 16.4. The Bertz CT molecular complexity index is 1080. The molecule has 0 aliphatic carbocycles. The topological polar surface area (TPSA) is 166 Å². The number of pyridine rings is 3. The van der Waals surface area contributed by atoms with Gasteiger partial charge in [0.25, 0.3) is 0 Å². The number of hydrogen-bond acceptors (Lipinski definition) is 7. The molecular formula is C24H27N7O3. The molecule has 3 aromatic heterocycles. The van der Waals surface area contributed by atoms with Gasteiger partial charge in [-0.25, -0.2) is 0 Å². The molecule has 0 aromatic carbocycles. The molecule has 0 unspecified atom stereocenters. The SMILES string of the molecule is NC(=O)[C@H](Cc1cccnc1)NC(=O)[C@H](Cc1ccccn1)NC(=O)[C@@H](N)Cc1cccnc1. The summed E-state index contributed by atoms with van der Waals surface area (Å²) in [4.78, 5) is 50.2. The molecule has 0 spiro atoms. The van der Waals surface area contributed by atoms with E-state index in [9.17, 15) is 14.4 Å². The van der Waals surface area contributed by atoms with Gasteiger partial charge in [-0.05, 0) is 41.8 Å². The Morgan fingerprint density at radius 2 is 1.41 bits per heavy atom. The third kappa shape index (κ3) is 7.45. The molecule has 34 heavy (non-hydrogen) atoms. The van der Waals surface area contributed by atoms with Gasteiger partial charge in [0.15, 0.2) is 0 Å². The van der Waals surface area contributed by atoms with E-state index in [2.05, 4.69) is 25.6 Å². The van der Waals surface area contributed by atoms with Crippen molar-refractivity contribution in [1.82, 2.24) is 25.6 Å². The van der Waals surface area contributed by atoms with E-state index in [1.54, 1.807) is 67.4 Å². The molecule has 10 heteroatoms. The fraction of sp³-hybridized carbons (Fsp3) is 0.250. The van der Waals surface area contributed by atoms with Crippen LogP contribution in [0.5, 0.6) is 0 Å². The quantitative estimate of drug-likeness (QED) is 0.304. The summed E-state index contributed by atoms with van der Waals surface area (Å²) in [6.45, 7) is 0. The fourth-order valence-electron chi connectivity index (χ4n) is 3.33. The molecule has 10 nitrogen and oxygen atoms in total. The lowest BCUT2D eigenvalue weighted by Gasteiger charge is -2.23. The lowest BCUT2D eigenvalue weighted by atomic mass is 10.0. The molecule has 0 fully saturated rings. The summed E-state index contributed by atoms with van der Waals surface area (Å²) in [6.07, 6.45) is 8.57. The zero-order valence-corrected chi connectivity index (χ0v) is 18.5. The Labute approximate surface area is 197 Å². The molecule has 0 aliphatic rings. The number of aromatic nitrogens is 3. The first kappa shape index (κ1) is 24.5. The number of primary amides is 1. The number of nitrogens with two attached hydrogens (primary N) is 2. The largest absolute Gasteiger partial charge is 0.368 e. The first-order valence-electron chi connectivity index (χ1n) is 10.8. The molecule has 0 aliphatic heterocycles. The lowest BCUT2D eigenvalue weighted by Crippen LogP contribution is -2.56. The third-order valence-corrected chi connectivity index (χ3v) is 5.11. The highest BCUT2D eigenvalue weighted by atomic mass is 16.2. The van der Waals surface area contributed by atoms with Crippen molar-refractivity contribution in [2.24, 2.45) is 11.5 Å². The van der Waals surface area contributed by atoms with Gasteiger partial charge >= 0.3 is 0 Å². The Kier molecular flexibility index (Phi) is 8.75. The van der Waals surface area contributed by atoms with Gasteiger partial charge < -0.3 is 22.1 Å². The molecule has 0 saturated heterocycles. The minimum Gasteiger partial charge on any atom is -0.368 e. The molecule has 3 amide bonds. The van der Waals surface area contributed by atoms with Gasteiger partial charge in [-0.1, -0.05) is 18.2 Å². The van der Waals surface area contributed by atoms with Gasteiger partial charge in [-0.15, -0.1) is 0 Å². The highest BCUT2D eigenvalue weighted by Gasteiger charge is 2.28. The van der Waals surface area contributed by atoms with Crippen LogP contribution in [0.25, 0.3) is 0 Å². The number of carbonyl (C=O) groups is 3. The molecule has 0 radical (unpaired) electrons. The van der Waals surface area contributed by atoms with E-state index >= 15 is 0 Å². The van der Waals surface area contributed by atoms with Crippen LogP contribution in [0, 0.1) is 0 Å². The predicted molar refractivity (Wildman–Crippen MR) is 125 cm³/mol. The van der Waals surface area contributed by atoms with Crippen molar-refractivity contribution in [1.29, 1.82) is 0 Å². The summed E-state index contributed by atoms with van der Waals surface area (Å²) in [6, 6.07) is 9.44. The van der Waals surface area contributed by atoms with Gasteiger partial charge in [0, 0.05) is 49.5 Å². The average Bonchev–Trinajstić information content (AvgIpc) is 2.85. The lowest BCUT2D eigenvalue weighted by molar-refractivity contribution is -0.131. The highest BCUT2D eigenvalue weighted by molar-refractivity contribution is 5.93. The second-order valence-electron chi connectivity index (χ2n) is 7.79. The van der Waals surface area contributed by atoms with Crippen molar-refractivity contribution in [3.05, 3.63) is 90.3 Å². The molecule has 176 valence electrons. The smallest absolute Gasteiger partial charge is 0.243 e. The summed E-state index contributed by atoms with van der Waals surface area (Å²) in [5.41, 5.74) is 13.7. The number of amides is 3. The second kappa shape index (κ2) is 12.2. The number of hydrogen-bond donors (Lipinski definition) is 4. The van der Waals surface area contributed by atoms with Gasteiger partial charge in [-0.3, -0.25) is 29.3 Å². The maximum Gasteiger partial charge on any atom is 0.243 e. The van der Waals surface area contributed by atoms with Crippen LogP contribution in [-0.4, -0.2) is 50.8 Å². The van der Waals surface area contributed by atoms with Crippen molar-refractivity contribution >= 4 is 17.7 Å². The Balaban J connectivity index is 1.72. The maximum atomic E-state index is 13.1. The van der Waals surface area contributed by atoms with Crippen molar-refractivity contribution < 1.29 is 14.4 Å². The van der Waals surface area contributed by atoms with Gasteiger partial charge in [0.1, 0.15) is 12.1 Å². The van der Waals surface area contributed by atoms with E-state index in [1.165, 1.54) is 0 Å². The summed E-state index contributed by atoms with van der Waals surface area (Å²) in [7, 11) is 0. The van der Waals surface area contributed by atoms with Crippen molar-refractivity contribution in [3.63, 3.8) is 0 Å². The van der Waals surface area contributed by atoms with Crippen molar-refractivity contribution in [2.45, 2.75) is 37.4 Å². The van der Waals surface area contributed by atoms with Crippen LogP contribution >= 0.6 is 0 Å². The minimum absolute atomic E-state index is 0.108. The standard InChI is InChI=1S/C24H27N7O3/c25-19(11-16-5-3-8-27-14-16)23(33)31-21(13-18-7-1-2-10-29-18)24(34)30-20(22(26)32)12-17-6-4-9-28-15-17/h1-10,14-15,19-21H,11-13,25H2,(H2,26,32)(H,30,34)(H,31,33)/t19-,20-,21-/m0/s1. The molecular weight excluding hydrogens is 434 g/mol. The number of nitrogens with one attached hydrogen (secondary N) is 2. The average molecular weight is 462 g/mol. The maximum absolute atomic E-state index is 13.1. The molecule has 3 heterocycles. The van der Waals surface area contributed by atoms with Crippen LogP contribution in [0.3, 0.4) is 0 Å². The summed E-state index contributed by atoms with van der Waals surface area (Å²) >= 11 is 0. The first-order valence-corrected chi connectivity index (χ1v) is 10.8. The zero-order chi connectivity index (χ0) is 24.3. The van der Waals surface area contributed by atoms with E-state index in [0.29, 0.717) is 5.69 Å². The molecule has 3 rings (SSSR count). The van der Waals surface area contributed by atoms with E-state index in [4.69, 9.17) is 11.5 Å². The fourth-order valence-corrected chi connectivity index (χ4v) is 3.33. The Morgan fingerprint density at radius 3 is 1.97 bits per heavy atom. The number of rotatable bonds is 11. The van der Waals surface area contributed by atoms with E-state index in [0.717, 1.165) is 11.1 Å². The molecule has 6 N–H and O–H groups in total. The normalized spacial score (nSPS) is 13.3. The Hall–Kier alpha value is -4.18. The monoisotopic (exact) mass is 461 g/mol. The van der Waals surface area contributed by atoms with E-state index in [-0.39, 0.29) is 19.3 Å². The van der Waals surface area contributed by atoms with Gasteiger partial charge in [-0.2, -0.15) is 0 Å². The second-order valence-corrected chi connectivity index (χ2v) is 7.79. The Morgan fingerprint density at radius 1 is 0.765 bits per heavy atom.